The van der Waals surface area contributed by atoms with Crippen molar-refractivity contribution in [2.75, 3.05) is 13.1 Å². The molecule has 2 aliphatic rings. The van der Waals surface area contributed by atoms with E-state index in [2.05, 4.69) is 44.2 Å². The molecule has 182 valence electrons. The number of carbonyl (C=O) groups excluding carboxylic acids is 1. The van der Waals surface area contributed by atoms with Gasteiger partial charge in [-0.1, -0.05) is 20.8 Å². The van der Waals surface area contributed by atoms with E-state index in [1.54, 1.807) is 0 Å². The Bertz CT molecular complexity index is 1040. The van der Waals surface area contributed by atoms with Crippen LogP contribution in [-0.4, -0.2) is 61.2 Å². The van der Waals surface area contributed by atoms with E-state index in [0.717, 1.165) is 23.0 Å². The van der Waals surface area contributed by atoms with Gasteiger partial charge in [0.05, 0.1) is 24.7 Å². The lowest BCUT2D eigenvalue weighted by atomic mass is 9.91. The van der Waals surface area contributed by atoms with Crippen LogP contribution in [0.25, 0.3) is 10.9 Å². The fraction of sp³-hybridized carbons (Fsp3) is 0.640. The maximum atomic E-state index is 13.8. The summed E-state index contributed by atoms with van der Waals surface area (Å²) in [5, 5.41) is 4.72. The monoisotopic (exact) mass is 475 g/mol. The minimum Gasteiger partial charge on any atom is -0.444 e. The number of aromatic amines is 1. The van der Waals surface area contributed by atoms with E-state index in [1.807, 2.05) is 37.9 Å². The van der Waals surface area contributed by atoms with Crippen LogP contribution in [0.3, 0.4) is 0 Å². The number of fused-ring (bicyclic) bond motifs is 2. The normalized spacial score (nSPS) is 26.2. The molecule has 2 aromatic rings. The largest absolute Gasteiger partial charge is 0.444 e. The predicted octanol–water partition coefficient (Wildman–Crippen LogP) is 5.37. The molecule has 2 fully saturated rings. The van der Waals surface area contributed by atoms with Crippen molar-refractivity contribution in [2.45, 2.75) is 89.4 Å². The summed E-state index contributed by atoms with van der Waals surface area (Å²) in [6, 6.07) is 4.74. The van der Waals surface area contributed by atoms with Crippen LogP contribution in [0.15, 0.2) is 24.4 Å². The topological polar surface area (TPSA) is 66.6 Å². The number of benzene rings is 1. The lowest BCUT2D eigenvalue weighted by Gasteiger charge is -2.39. The molecule has 1 aromatic heterocycles. The molecule has 4 atom stereocenters. The number of rotatable bonds is 3. The Morgan fingerprint density at radius 1 is 1.18 bits per heavy atom. The molecule has 0 saturated carbocycles. The Labute approximate surface area is 197 Å². The first-order chi connectivity index (χ1) is 15.2. The Morgan fingerprint density at radius 3 is 2.52 bits per heavy atom. The molecule has 0 bridgehead atoms. The number of amides is 1. The Morgan fingerprint density at radius 2 is 1.88 bits per heavy atom. The molecule has 8 heteroatoms. The maximum absolute atomic E-state index is 13.8. The molecule has 1 aromatic carbocycles. The van der Waals surface area contributed by atoms with Gasteiger partial charge in [-0.25, -0.2) is 9.18 Å². The summed E-state index contributed by atoms with van der Waals surface area (Å²) in [6.07, 6.45) is 1.54. The fourth-order valence-electron chi connectivity index (χ4n) is 4.85. The van der Waals surface area contributed by atoms with Crippen LogP contribution in [0.5, 0.6) is 0 Å². The van der Waals surface area contributed by atoms with Crippen LogP contribution in [0, 0.1) is 5.82 Å². The van der Waals surface area contributed by atoms with Crippen molar-refractivity contribution >= 4 is 25.3 Å². The highest BCUT2D eigenvalue weighted by Crippen LogP contribution is 2.43. The van der Waals surface area contributed by atoms with Crippen LogP contribution in [0.1, 0.15) is 53.0 Å². The lowest BCUT2D eigenvalue weighted by Crippen LogP contribution is -2.49. The molecule has 4 rings (SSSR count). The molecule has 0 spiro atoms. The van der Waals surface area contributed by atoms with Gasteiger partial charge in [0.15, 0.2) is 8.32 Å². The smallest absolute Gasteiger partial charge is 0.410 e. The number of nitrogens with one attached hydrogen (secondary N) is 2. The first-order valence-corrected chi connectivity index (χ1v) is 14.8. The molecule has 0 aliphatic carbocycles. The van der Waals surface area contributed by atoms with Gasteiger partial charge in [-0.15, -0.1) is 0 Å². The molecular formula is C25H38FN3O3Si. The van der Waals surface area contributed by atoms with Crippen LogP contribution in [0.4, 0.5) is 9.18 Å². The molecule has 1 amide bonds. The second-order valence-corrected chi connectivity index (χ2v) is 16.8. The Hall–Kier alpha value is -1.90. The third kappa shape index (κ3) is 4.57. The second kappa shape index (κ2) is 8.10. The molecule has 0 radical (unpaired) electrons. The summed E-state index contributed by atoms with van der Waals surface area (Å²) in [7, 11) is -2.05. The quantitative estimate of drug-likeness (QED) is 0.586. The van der Waals surface area contributed by atoms with Crippen molar-refractivity contribution < 1.29 is 18.3 Å². The summed E-state index contributed by atoms with van der Waals surface area (Å²) >= 11 is 0. The zero-order chi connectivity index (χ0) is 24.3. The number of nitrogens with zero attached hydrogens (tertiary/aromatic N) is 1. The number of aromatic nitrogens is 1. The molecule has 0 unspecified atom stereocenters. The minimum atomic E-state index is -2.05. The molecular weight excluding hydrogens is 437 g/mol. The third-order valence-corrected chi connectivity index (χ3v) is 12.0. The summed E-state index contributed by atoms with van der Waals surface area (Å²) in [5.74, 6) is -0.216. The Kier molecular flexibility index (Phi) is 5.95. The summed E-state index contributed by atoms with van der Waals surface area (Å²) in [6.45, 7) is 18.1. The highest BCUT2D eigenvalue weighted by molar-refractivity contribution is 6.74. The summed E-state index contributed by atoms with van der Waals surface area (Å²) in [4.78, 5) is 18.4. The maximum Gasteiger partial charge on any atom is 0.410 e. The average molecular weight is 476 g/mol. The van der Waals surface area contributed by atoms with Gasteiger partial charge >= 0.3 is 6.09 Å². The van der Waals surface area contributed by atoms with Crippen molar-refractivity contribution in [3.63, 3.8) is 0 Å². The van der Waals surface area contributed by atoms with Crippen LogP contribution in [-0.2, 0) is 9.16 Å². The van der Waals surface area contributed by atoms with Gasteiger partial charge in [-0.2, -0.15) is 0 Å². The standard InChI is InChI=1S/C25H38FN3O3Si/c1-24(2,3)31-23(30)29-14-20(32-33(7,8)25(4,5)6)21-22(29)18(13-28-21)17-12-27-19-11-15(26)9-10-16(17)19/h9-12,18,20-22,27-28H,13-14H2,1-8H3/t18-,20-,21-,22-/m1/s1. The van der Waals surface area contributed by atoms with Crippen molar-refractivity contribution in [1.82, 2.24) is 15.2 Å². The minimum absolute atomic E-state index is 0.0158. The first-order valence-electron chi connectivity index (χ1n) is 11.9. The second-order valence-electron chi connectivity index (χ2n) is 12.0. The highest BCUT2D eigenvalue weighted by Gasteiger charge is 2.55. The van der Waals surface area contributed by atoms with E-state index < -0.39 is 13.9 Å². The molecule has 2 N–H and O–H groups in total. The van der Waals surface area contributed by atoms with Crippen LogP contribution in [0.2, 0.25) is 18.1 Å². The van der Waals surface area contributed by atoms with Gasteiger partial charge in [-0.3, -0.25) is 0 Å². The van der Waals surface area contributed by atoms with Gasteiger partial charge in [-0.05, 0) is 62.7 Å². The Balaban J connectivity index is 1.69. The first kappa shape index (κ1) is 24.2. The summed E-state index contributed by atoms with van der Waals surface area (Å²) in [5.41, 5.74) is 1.28. The van der Waals surface area contributed by atoms with Gasteiger partial charge in [0.25, 0.3) is 0 Å². The molecule has 33 heavy (non-hydrogen) atoms. The van der Waals surface area contributed by atoms with Crippen molar-refractivity contribution in [3.05, 3.63) is 35.8 Å². The number of hydrogen-bond acceptors (Lipinski definition) is 4. The van der Waals surface area contributed by atoms with E-state index in [4.69, 9.17) is 9.16 Å². The lowest BCUT2D eigenvalue weighted by molar-refractivity contribution is 0.0199. The van der Waals surface area contributed by atoms with Gasteiger partial charge in [0.1, 0.15) is 11.4 Å². The fourth-order valence-corrected chi connectivity index (χ4v) is 6.18. The molecule has 2 saturated heterocycles. The van der Waals surface area contributed by atoms with E-state index >= 15 is 0 Å². The number of hydrogen-bond donors (Lipinski definition) is 2. The number of carbonyl (C=O) groups is 1. The number of H-pyrrole nitrogens is 1. The number of halogens is 1. The van der Waals surface area contributed by atoms with E-state index in [1.165, 1.54) is 12.1 Å². The SMILES string of the molecule is CC(C)(C)OC(=O)N1C[C@@H](O[Si](C)(C)C(C)(C)C)[C@H]2NC[C@H](c3c[nH]c4cc(F)ccc34)[C@H]21. The number of ether oxygens (including phenoxy) is 1. The van der Waals surface area contributed by atoms with Crippen molar-refractivity contribution in [3.8, 4) is 0 Å². The van der Waals surface area contributed by atoms with E-state index in [-0.39, 0.29) is 41.1 Å². The van der Waals surface area contributed by atoms with Gasteiger partial charge in [0.2, 0.25) is 0 Å². The zero-order valence-corrected chi connectivity index (χ0v) is 22.1. The molecule has 2 aliphatic heterocycles. The van der Waals surface area contributed by atoms with Crippen molar-refractivity contribution in [1.29, 1.82) is 0 Å². The highest BCUT2D eigenvalue weighted by atomic mass is 28.4. The van der Waals surface area contributed by atoms with E-state index in [0.29, 0.717) is 6.54 Å². The third-order valence-electron chi connectivity index (χ3n) is 7.45. The van der Waals surface area contributed by atoms with Crippen LogP contribution < -0.4 is 5.32 Å². The predicted molar refractivity (Wildman–Crippen MR) is 132 cm³/mol. The van der Waals surface area contributed by atoms with E-state index in [9.17, 15) is 9.18 Å². The number of likely N-dealkylation sites (tertiary alicyclic amines) is 1. The zero-order valence-electron chi connectivity index (χ0n) is 21.1. The van der Waals surface area contributed by atoms with Crippen molar-refractivity contribution in [2.24, 2.45) is 0 Å². The van der Waals surface area contributed by atoms with Crippen LogP contribution >= 0.6 is 0 Å². The average Bonchev–Trinajstić information content (AvgIpc) is 3.33. The molecule has 6 nitrogen and oxygen atoms in total. The van der Waals surface area contributed by atoms with Gasteiger partial charge in [0, 0.05) is 29.6 Å². The van der Waals surface area contributed by atoms with Gasteiger partial charge < -0.3 is 24.4 Å². The molecule has 3 heterocycles. The summed E-state index contributed by atoms with van der Waals surface area (Å²) < 4.78 is 26.4.